The van der Waals surface area contributed by atoms with Crippen LogP contribution in [0.25, 0.3) is 0 Å². The molecule has 8 N–H and O–H groups in total. The van der Waals surface area contributed by atoms with Gasteiger partial charge in [-0.05, 0) is 11.8 Å². The minimum absolute atomic E-state index is 0.204. The summed E-state index contributed by atoms with van der Waals surface area (Å²) >= 11 is 0. The lowest BCUT2D eigenvalue weighted by Gasteiger charge is -2.29. The van der Waals surface area contributed by atoms with Crippen LogP contribution < -0.4 is 21.7 Å². The number of nitrogens with two attached hydrogens (primary N) is 1. The van der Waals surface area contributed by atoms with Gasteiger partial charge in [0, 0.05) is 18.3 Å². The van der Waals surface area contributed by atoms with E-state index in [9.17, 15) is 19.2 Å². The fraction of sp³-hybridized carbons (Fsp3) is 0.650. The van der Waals surface area contributed by atoms with Crippen molar-refractivity contribution in [1.29, 1.82) is 0 Å². The molecule has 3 amide bonds. The van der Waals surface area contributed by atoms with Crippen molar-refractivity contribution < 1.29 is 29.4 Å². The number of aromatic nitrogens is 2. The second-order valence-electron chi connectivity index (χ2n) is 8.07. The molecule has 32 heavy (non-hydrogen) atoms. The SMILES string of the molecule is CCC(C)C(NC(=O)C(N)Cc1cnc[nH]1)C(=O)NC(C(=O)NC(CO)C(=O)O)C(C)C. The Kier molecular flexibility index (Phi) is 10.8. The number of hydrogen-bond acceptors (Lipinski definition) is 7. The smallest absolute Gasteiger partial charge is 0.328 e. The summed E-state index contributed by atoms with van der Waals surface area (Å²) in [4.78, 5) is 56.0. The highest BCUT2D eigenvalue weighted by molar-refractivity contribution is 5.94. The Morgan fingerprint density at radius 1 is 1.06 bits per heavy atom. The highest BCUT2D eigenvalue weighted by atomic mass is 16.4. The van der Waals surface area contributed by atoms with E-state index in [1.54, 1.807) is 27.0 Å². The molecule has 0 aliphatic rings. The van der Waals surface area contributed by atoms with Gasteiger partial charge in [0.1, 0.15) is 18.1 Å². The zero-order valence-corrected chi connectivity index (χ0v) is 18.8. The molecule has 0 fully saturated rings. The fourth-order valence-corrected chi connectivity index (χ4v) is 2.91. The third-order valence-electron chi connectivity index (χ3n) is 5.17. The second kappa shape index (κ2) is 12.8. The quantitative estimate of drug-likeness (QED) is 0.187. The topological polar surface area (TPSA) is 200 Å². The van der Waals surface area contributed by atoms with Gasteiger partial charge < -0.3 is 36.9 Å². The Morgan fingerprint density at radius 2 is 1.66 bits per heavy atom. The van der Waals surface area contributed by atoms with Crippen LogP contribution in [0.1, 0.15) is 39.8 Å². The summed E-state index contributed by atoms with van der Waals surface area (Å²) in [7, 11) is 0. The number of aliphatic hydroxyl groups is 1. The van der Waals surface area contributed by atoms with Crippen molar-refractivity contribution in [3.63, 3.8) is 0 Å². The normalized spacial score (nSPS) is 15.8. The number of carbonyl (C=O) groups excluding carboxylic acids is 3. The standard InChI is InChI=1S/C20H34N6O6/c1-5-11(4)16(26-17(28)13(21)6-12-7-22-9-23-12)19(30)25-15(10(2)3)18(29)24-14(8-27)20(31)32/h7,9-11,13-16,27H,5-6,8,21H2,1-4H3,(H,22,23)(H,24,29)(H,25,30)(H,26,28)(H,31,32). The van der Waals surface area contributed by atoms with Gasteiger partial charge in [-0.1, -0.05) is 34.1 Å². The number of nitrogens with one attached hydrogen (secondary N) is 4. The molecule has 1 heterocycles. The second-order valence-corrected chi connectivity index (χ2v) is 8.07. The summed E-state index contributed by atoms with van der Waals surface area (Å²) in [6.45, 7) is 6.20. The van der Waals surface area contributed by atoms with Crippen LogP contribution in [0.5, 0.6) is 0 Å². The van der Waals surface area contributed by atoms with E-state index >= 15 is 0 Å². The first-order chi connectivity index (χ1) is 15.0. The zero-order valence-electron chi connectivity index (χ0n) is 18.8. The molecule has 12 heteroatoms. The Morgan fingerprint density at radius 3 is 2.12 bits per heavy atom. The maximum absolute atomic E-state index is 13.0. The summed E-state index contributed by atoms with van der Waals surface area (Å²) in [5.41, 5.74) is 6.63. The number of carboxylic acid groups (broad SMARTS) is 1. The zero-order chi connectivity index (χ0) is 24.4. The largest absolute Gasteiger partial charge is 0.480 e. The Labute approximate surface area is 186 Å². The molecular formula is C20H34N6O6. The molecule has 1 aromatic heterocycles. The number of nitrogens with zero attached hydrogens (tertiary/aromatic N) is 1. The Bertz CT molecular complexity index is 769. The molecule has 1 aromatic rings. The predicted molar refractivity (Wildman–Crippen MR) is 115 cm³/mol. The summed E-state index contributed by atoms with van der Waals surface area (Å²) in [5.74, 6) is -3.92. The highest BCUT2D eigenvalue weighted by Gasteiger charge is 2.33. The van der Waals surface area contributed by atoms with Crippen LogP contribution in [0.15, 0.2) is 12.5 Å². The number of carboxylic acids is 1. The van der Waals surface area contributed by atoms with E-state index in [1.165, 1.54) is 6.33 Å². The van der Waals surface area contributed by atoms with E-state index in [4.69, 9.17) is 15.9 Å². The molecule has 180 valence electrons. The summed E-state index contributed by atoms with van der Waals surface area (Å²) in [6.07, 6.45) is 3.79. The first-order valence-corrected chi connectivity index (χ1v) is 10.5. The van der Waals surface area contributed by atoms with Crippen molar-refractivity contribution >= 4 is 23.7 Å². The van der Waals surface area contributed by atoms with E-state index in [2.05, 4.69) is 25.9 Å². The Balaban J connectivity index is 2.90. The lowest BCUT2D eigenvalue weighted by atomic mass is 9.96. The number of carbonyl (C=O) groups is 4. The Hall–Kier alpha value is -2.99. The molecule has 1 rings (SSSR count). The monoisotopic (exact) mass is 454 g/mol. The van der Waals surface area contributed by atoms with Crippen molar-refractivity contribution in [1.82, 2.24) is 25.9 Å². The molecule has 0 aromatic carbocycles. The fourth-order valence-electron chi connectivity index (χ4n) is 2.91. The van der Waals surface area contributed by atoms with Gasteiger partial charge in [0.15, 0.2) is 0 Å². The number of aromatic amines is 1. The van der Waals surface area contributed by atoms with Crippen LogP contribution in [0.3, 0.4) is 0 Å². The van der Waals surface area contributed by atoms with Gasteiger partial charge in [0.2, 0.25) is 17.7 Å². The van der Waals surface area contributed by atoms with Gasteiger partial charge >= 0.3 is 5.97 Å². The molecule has 0 spiro atoms. The van der Waals surface area contributed by atoms with Crippen LogP contribution in [0.4, 0.5) is 0 Å². The van der Waals surface area contributed by atoms with Gasteiger partial charge in [0.25, 0.3) is 0 Å². The maximum Gasteiger partial charge on any atom is 0.328 e. The van der Waals surface area contributed by atoms with Crippen molar-refractivity contribution in [2.24, 2.45) is 17.6 Å². The van der Waals surface area contributed by atoms with Gasteiger partial charge in [-0.25, -0.2) is 9.78 Å². The predicted octanol–water partition coefficient (Wildman–Crippen LogP) is -1.49. The molecule has 5 unspecified atom stereocenters. The van der Waals surface area contributed by atoms with E-state index in [0.717, 1.165) is 0 Å². The number of imidazole rings is 1. The first-order valence-electron chi connectivity index (χ1n) is 10.5. The van der Waals surface area contributed by atoms with Gasteiger partial charge in [-0.2, -0.15) is 0 Å². The number of aliphatic hydroxyl groups excluding tert-OH is 1. The minimum atomic E-state index is -1.49. The van der Waals surface area contributed by atoms with Gasteiger partial charge in [0.05, 0.1) is 19.0 Å². The molecule has 0 saturated heterocycles. The molecule has 12 nitrogen and oxygen atoms in total. The molecule has 0 bridgehead atoms. The maximum atomic E-state index is 13.0. The highest BCUT2D eigenvalue weighted by Crippen LogP contribution is 2.11. The molecule has 0 aliphatic heterocycles. The summed E-state index contributed by atoms with van der Waals surface area (Å²) in [6, 6.07) is -4.44. The van der Waals surface area contributed by atoms with Gasteiger partial charge in [-0.15, -0.1) is 0 Å². The number of amides is 3. The van der Waals surface area contributed by atoms with Crippen molar-refractivity contribution in [2.75, 3.05) is 6.61 Å². The molecule has 5 atom stereocenters. The third kappa shape index (κ3) is 7.93. The average molecular weight is 455 g/mol. The average Bonchev–Trinajstić information content (AvgIpc) is 3.25. The summed E-state index contributed by atoms with van der Waals surface area (Å²) < 4.78 is 0. The lowest BCUT2D eigenvalue weighted by Crippen LogP contribution is -2.60. The number of H-pyrrole nitrogens is 1. The molecular weight excluding hydrogens is 420 g/mol. The van der Waals surface area contributed by atoms with Crippen molar-refractivity contribution in [3.8, 4) is 0 Å². The number of aliphatic carboxylic acids is 1. The minimum Gasteiger partial charge on any atom is -0.480 e. The van der Waals surface area contributed by atoms with Crippen LogP contribution >= 0.6 is 0 Å². The molecule has 0 aliphatic carbocycles. The van der Waals surface area contributed by atoms with Crippen LogP contribution in [0.2, 0.25) is 0 Å². The third-order valence-corrected chi connectivity index (χ3v) is 5.17. The first kappa shape index (κ1) is 27.0. The van der Waals surface area contributed by atoms with E-state index in [0.29, 0.717) is 12.1 Å². The van der Waals surface area contributed by atoms with Crippen molar-refractivity contribution in [3.05, 3.63) is 18.2 Å². The van der Waals surface area contributed by atoms with E-state index in [-0.39, 0.29) is 18.3 Å². The van der Waals surface area contributed by atoms with Crippen LogP contribution in [0, 0.1) is 11.8 Å². The number of hydrogen-bond donors (Lipinski definition) is 7. The van der Waals surface area contributed by atoms with Crippen molar-refractivity contribution in [2.45, 2.75) is 64.7 Å². The molecule has 0 radical (unpaired) electrons. The molecule has 0 saturated carbocycles. The number of rotatable bonds is 13. The summed E-state index contributed by atoms with van der Waals surface area (Å²) in [5, 5.41) is 25.6. The van der Waals surface area contributed by atoms with E-state index in [1.807, 2.05) is 6.92 Å². The van der Waals surface area contributed by atoms with Crippen LogP contribution in [-0.2, 0) is 25.6 Å². The van der Waals surface area contributed by atoms with E-state index < -0.39 is 54.5 Å². The lowest BCUT2D eigenvalue weighted by molar-refractivity contribution is -0.143. The van der Waals surface area contributed by atoms with Gasteiger partial charge in [-0.3, -0.25) is 14.4 Å². The van der Waals surface area contributed by atoms with Crippen LogP contribution in [-0.4, -0.2) is 74.6 Å².